The first-order valence-corrected chi connectivity index (χ1v) is 6.85. The van der Waals surface area contributed by atoms with Gasteiger partial charge in [-0.1, -0.05) is 0 Å². The van der Waals surface area contributed by atoms with Crippen molar-refractivity contribution in [1.29, 1.82) is 0 Å². The van der Waals surface area contributed by atoms with Crippen molar-refractivity contribution in [3.63, 3.8) is 0 Å². The lowest BCUT2D eigenvalue weighted by atomic mass is 9.81. The zero-order valence-electron chi connectivity index (χ0n) is 8.59. The third-order valence-electron chi connectivity index (χ3n) is 3.07. The van der Waals surface area contributed by atoms with E-state index in [1.807, 2.05) is 6.92 Å². The number of halogens is 2. The second-order valence-electron chi connectivity index (χ2n) is 5.10. The van der Waals surface area contributed by atoms with E-state index in [0.29, 0.717) is 6.54 Å². The Balaban J connectivity index is 1.72. The smallest absolute Gasteiger partial charge is 0.248 e. The van der Waals surface area contributed by atoms with Gasteiger partial charge in [-0.05, 0) is 19.4 Å². The number of alkyl halides is 2. The van der Waals surface area contributed by atoms with E-state index in [-0.39, 0.29) is 35.8 Å². The molecular weight excluding hydrogens is 224 g/mol. The van der Waals surface area contributed by atoms with Crippen LogP contribution in [0.2, 0.25) is 0 Å². The topological polar surface area (TPSA) is 46.2 Å². The quantitative estimate of drug-likeness (QED) is 0.792. The molecule has 0 aromatic heterocycles. The third kappa shape index (κ3) is 2.47. The molecule has 3 nitrogen and oxygen atoms in total. The van der Waals surface area contributed by atoms with Crippen molar-refractivity contribution >= 4 is 9.84 Å². The maximum atomic E-state index is 12.5. The minimum Gasteiger partial charge on any atom is -0.309 e. The summed E-state index contributed by atoms with van der Waals surface area (Å²) in [5.41, 5.74) is -0.385. The molecule has 0 aromatic carbocycles. The van der Waals surface area contributed by atoms with Crippen molar-refractivity contribution in [3.8, 4) is 0 Å². The van der Waals surface area contributed by atoms with E-state index >= 15 is 0 Å². The summed E-state index contributed by atoms with van der Waals surface area (Å²) in [6.07, 6.45) is -0.133. The monoisotopic (exact) mass is 239 g/mol. The summed E-state index contributed by atoms with van der Waals surface area (Å²) < 4.78 is 47.0. The largest absolute Gasteiger partial charge is 0.309 e. The van der Waals surface area contributed by atoms with Crippen molar-refractivity contribution in [1.82, 2.24) is 5.32 Å². The molecule has 15 heavy (non-hydrogen) atoms. The predicted molar refractivity (Wildman–Crippen MR) is 52.7 cm³/mol. The Kier molecular flexibility index (Phi) is 2.35. The molecule has 0 radical (unpaired) electrons. The lowest BCUT2D eigenvalue weighted by molar-refractivity contribution is -0.110. The van der Waals surface area contributed by atoms with E-state index in [0.717, 1.165) is 0 Å². The molecule has 88 valence electrons. The van der Waals surface area contributed by atoms with Gasteiger partial charge in [0.1, 0.15) is 0 Å². The van der Waals surface area contributed by atoms with Crippen LogP contribution >= 0.6 is 0 Å². The van der Waals surface area contributed by atoms with Gasteiger partial charge in [0.15, 0.2) is 9.84 Å². The van der Waals surface area contributed by atoms with Crippen LogP contribution in [-0.2, 0) is 9.84 Å². The average molecular weight is 239 g/mol. The van der Waals surface area contributed by atoms with Gasteiger partial charge in [-0.25, -0.2) is 17.2 Å². The minimum atomic E-state index is -2.86. The van der Waals surface area contributed by atoms with E-state index < -0.39 is 15.8 Å². The zero-order chi connectivity index (χ0) is 11.3. The number of rotatable bonds is 3. The lowest BCUT2D eigenvalue weighted by Crippen LogP contribution is -2.63. The molecule has 1 aliphatic carbocycles. The van der Waals surface area contributed by atoms with Crippen LogP contribution in [0.3, 0.4) is 0 Å². The number of sulfone groups is 1. The van der Waals surface area contributed by atoms with E-state index in [2.05, 4.69) is 5.32 Å². The molecule has 0 spiro atoms. The highest BCUT2D eigenvalue weighted by atomic mass is 32.2. The standard InChI is InChI=1S/C9H15F2NO2S/c1-8(5-15(13,14)6-8)12-4-7-2-9(10,11)3-7/h7,12H,2-6H2,1H3. The molecule has 1 saturated carbocycles. The second-order valence-corrected chi connectivity index (χ2v) is 7.17. The maximum absolute atomic E-state index is 12.5. The molecular formula is C9H15F2NO2S. The molecule has 6 heteroatoms. The van der Waals surface area contributed by atoms with E-state index in [1.54, 1.807) is 0 Å². The van der Waals surface area contributed by atoms with Gasteiger partial charge >= 0.3 is 0 Å². The average Bonchev–Trinajstić information content (AvgIpc) is 1.92. The first-order chi connectivity index (χ1) is 6.70. The molecule has 0 unspecified atom stereocenters. The summed E-state index contributed by atoms with van der Waals surface area (Å²) in [6.45, 7) is 2.33. The molecule has 1 N–H and O–H groups in total. The summed E-state index contributed by atoms with van der Waals surface area (Å²) in [5, 5.41) is 3.08. The maximum Gasteiger partial charge on any atom is 0.248 e. The Morgan fingerprint density at radius 2 is 1.87 bits per heavy atom. The van der Waals surface area contributed by atoms with Gasteiger partial charge in [-0.15, -0.1) is 0 Å². The van der Waals surface area contributed by atoms with Crippen LogP contribution in [0.1, 0.15) is 19.8 Å². The van der Waals surface area contributed by atoms with Gasteiger partial charge in [0.25, 0.3) is 0 Å². The Morgan fingerprint density at radius 1 is 1.33 bits per heavy atom. The Morgan fingerprint density at radius 3 is 2.27 bits per heavy atom. The van der Waals surface area contributed by atoms with Crippen LogP contribution in [0.4, 0.5) is 8.78 Å². The van der Waals surface area contributed by atoms with Crippen molar-refractivity contribution in [3.05, 3.63) is 0 Å². The first-order valence-electron chi connectivity index (χ1n) is 5.03. The fourth-order valence-electron chi connectivity index (χ4n) is 2.35. The van der Waals surface area contributed by atoms with Gasteiger partial charge in [0, 0.05) is 18.4 Å². The van der Waals surface area contributed by atoms with Crippen molar-refractivity contribution in [2.24, 2.45) is 5.92 Å². The second kappa shape index (κ2) is 3.13. The molecule has 0 atom stereocenters. The summed E-state index contributed by atoms with van der Waals surface area (Å²) >= 11 is 0. The predicted octanol–water partition coefficient (Wildman–Crippen LogP) is 0.808. The van der Waals surface area contributed by atoms with E-state index in [1.165, 1.54) is 0 Å². The van der Waals surface area contributed by atoms with Gasteiger partial charge in [-0.3, -0.25) is 0 Å². The molecule has 1 aliphatic heterocycles. The van der Waals surface area contributed by atoms with Gasteiger partial charge in [0.2, 0.25) is 5.92 Å². The third-order valence-corrected chi connectivity index (χ3v) is 5.22. The highest BCUT2D eigenvalue weighted by Crippen LogP contribution is 2.42. The summed E-state index contributed by atoms with van der Waals surface area (Å²) in [6, 6.07) is 0. The Labute approximate surface area is 88.2 Å². The Hall–Kier alpha value is -0.230. The fraction of sp³-hybridized carbons (Fsp3) is 1.00. The SMILES string of the molecule is CC1(NCC2CC(F)(F)C2)CS(=O)(=O)C1. The zero-order valence-corrected chi connectivity index (χ0v) is 9.41. The highest BCUT2D eigenvalue weighted by molar-refractivity contribution is 7.93. The molecule has 2 fully saturated rings. The van der Waals surface area contributed by atoms with Crippen molar-refractivity contribution in [2.75, 3.05) is 18.1 Å². The normalized spacial score (nSPS) is 31.7. The molecule has 1 heterocycles. The van der Waals surface area contributed by atoms with Crippen molar-refractivity contribution in [2.45, 2.75) is 31.2 Å². The van der Waals surface area contributed by atoms with Crippen LogP contribution in [0.5, 0.6) is 0 Å². The number of hydrogen-bond acceptors (Lipinski definition) is 3. The summed E-state index contributed by atoms with van der Waals surface area (Å²) in [4.78, 5) is 0. The highest BCUT2D eigenvalue weighted by Gasteiger charge is 2.48. The van der Waals surface area contributed by atoms with Crippen LogP contribution in [0, 0.1) is 5.92 Å². The number of nitrogens with one attached hydrogen (secondary N) is 1. The minimum absolute atomic E-state index is 0.000120. The summed E-state index contributed by atoms with van der Waals surface area (Å²) in [7, 11) is -2.86. The van der Waals surface area contributed by atoms with Crippen molar-refractivity contribution < 1.29 is 17.2 Å². The number of hydrogen-bond donors (Lipinski definition) is 1. The van der Waals surface area contributed by atoms with Crippen LogP contribution < -0.4 is 5.32 Å². The van der Waals surface area contributed by atoms with Crippen LogP contribution in [0.25, 0.3) is 0 Å². The molecule has 1 saturated heterocycles. The Bertz CT molecular complexity index is 346. The molecule has 0 aromatic rings. The van der Waals surface area contributed by atoms with E-state index in [9.17, 15) is 17.2 Å². The van der Waals surface area contributed by atoms with Crippen LogP contribution in [-0.4, -0.2) is 37.9 Å². The molecule has 0 bridgehead atoms. The molecule has 2 rings (SSSR count). The van der Waals surface area contributed by atoms with Crippen LogP contribution in [0.15, 0.2) is 0 Å². The van der Waals surface area contributed by atoms with Gasteiger partial charge in [-0.2, -0.15) is 0 Å². The molecule has 2 aliphatic rings. The fourth-order valence-corrected chi connectivity index (χ4v) is 4.41. The van der Waals surface area contributed by atoms with Gasteiger partial charge < -0.3 is 5.32 Å². The summed E-state index contributed by atoms with van der Waals surface area (Å²) in [5.74, 6) is -2.23. The molecule has 0 amide bonds. The first kappa shape index (κ1) is 11.3. The van der Waals surface area contributed by atoms with E-state index in [4.69, 9.17) is 0 Å². The lowest BCUT2D eigenvalue weighted by Gasteiger charge is -2.42. The van der Waals surface area contributed by atoms with Gasteiger partial charge in [0.05, 0.1) is 11.5 Å².